The molecule has 6 rings (SSSR count). The summed E-state index contributed by atoms with van der Waals surface area (Å²) in [5, 5.41) is 4.82. The van der Waals surface area contributed by atoms with Gasteiger partial charge in [-0.2, -0.15) is 13.9 Å². The highest BCUT2D eigenvalue weighted by molar-refractivity contribution is 5.66. The molecule has 0 saturated heterocycles. The average molecular weight is 360 g/mol. The van der Waals surface area contributed by atoms with E-state index < -0.39 is 6.61 Å². The van der Waals surface area contributed by atoms with Crippen molar-refractivity contribution >= 4 is 5.82 Å². The molecule has 26 heavy (non-hydrogen) atoms. The van der Waals surface area contributed by atoms with E-state index in [-0.39, 0.29) is 11.6 Å². The molecule has 0 spiro atoms. The van der Waals surface area contributed by atoms with Gasteiger partial charge < -0.3 is 10.5 Å². The molecule has 0 aliphatic heterocycles. The summed E-state index contributed by atoms with van der Waals surface area (Å²) < 4.78 is 31.8. The third-order valence-corrected chi connectivity index (χ3v) is 6.80. The zero-order chi connectivity index (χ0) is 18.2. The molecule has 2 aromatic rings. The highest BCUT2D eigenvalue weighted by Gasteiger charge is 2.90. The lowest BCUT2D eigenvalue weighted by atomic mass is 10.0. The van der Waals surface area contributed by atoms with Crippen molar-refractivity contribution in [1.82, 2.24) is 14.8 Å². The molecule has 0 amide bonds. The van der Waals surface area contributed by atoms with E-state index in [9.17, 15) is 8.78 Å². The number of rotatable bonds is 6. The molecule has 2 aromatic heterocycles. The van der Waals surface area contributed by atoms with Crippen molar-refractivity contribution in [1.29, 1.82) is 0 Å². The first-order chi connectivity index (χ1) is 12.5. The van der Waals surface area contributed by atoms with Crippen molar-refractivity contribution in [3.8, 4) is 17.0 Å². The molecule has 2 bridgehead atoms. The molecule has 138 valence electrons. The number of nitrogens with zero attached hydrogens (tertiary/aromatic N) is 3. The summed E-state index contributed by atoms with van der Waals surface area (Å²) in [6.07, 6.45) is 5.21. The minimum absolute atomic E-state index is 0.0447. The fourth-order valence-electron chi connectivity index (χ4n) is 5.36. The van der Waals surface area contributed by atoms with Crippen LogP contribution in [0.1, 0.15) is 44.8 Å². The van der Waals surface area contributed by atoms with E-state index in [1.54, 1.807) is 6.20 Å². The fraction of sp³-hybridized carbons (Fsp3) is 0.579. The van der Waals surface area contributed by atoms with Gasteiger partial charge in [-0.3, -0.25) is 4.68 Å². The largest absolute Gasteiger partial charge is 0.431 e. The Labute approximate surface area is 150 Å². The summed E-state index contributed by atoms with van der Waals surface area (Å²) in [7, 11) is 0. The highest BCUT2D eigenvalue weighted by Crippen LogP contribution is 2.91. The first-order valence-corrected chi connectivity index (χ1v) is 9.29. The molecule has 0 aromatic carbocycles. The second-order valence-electron chi connectivity index (χ2n) is 7.85. The maximum absolute atomic E-state index is 12.6. The molecule has 3 unspecified atom stereocenters. The third kappa shape index (κ3) is 1.94. The number of pyridine rings is 1. The molecule has 0 radical (unpaired) electrons. The van der Waals surface area contributed by atoms with Crippen LogP contribution in [0, 0.1) is 17.8 Å². The average Bonchev–Trinajstić information content (AvgIpc) is 3.16. The van der Waals surface area contributed by atoms with Crippen molar-refractivity contribution in [3.63, 3.8) is 0 Å². The van der Waals surface area contributed by atoms with Gasteiger partial charge in [0.05, 0.1) is 5.69 Å². The van der Waals surface area contributed by atoms with E-state index in [1.165, 1.54) is 24.6 Å². The number of fused-ring (bicyclic) bond motifs is 1. The summed E-state index contributed by atoms with van der Waals surface area (Å²) in [4.78, 5) is 4.01. The topological polar surface area (TPSA) is 66.0 Å². The Kier molecular flexibility index (Phi) is 3.19. The first kappa shape index (κ1) is 16.0. The van der Waals surface area contributed by atoms with Crippen LogP contribution < -0.4 is 10.5 Å². The SMILES string of the molecule is CCC(C)n1nc(-c2cnc(N)c(OC(F)F)c2)cc1C12C3CCC1C32. The van der Waals surface area contributed by atoms with E-state index in [1.807, 2.05) is 0 Å². The van der Waals surface area contributed by atoms with Gasteiger partial charge in [-0.1, -0.05) is 6.92 Å². The molecule has 2 heterocycles. The van der Waals surface area contributed by atoms with Crippen LogP contribution in [0.2, 0.25) is 0 Å². The van der Waals surface area contributed by atoms with Gasteiger partial charge in [0, 0.05) is 28.9 Å². The van der Waals surface area contributed by atoms with Crippen LogP contribution in [0.25, 0.3) is 11.3 Å². The number of hydrogen-bond acceptors (Lipinski definition) is 4. The van der Waals surface area contributed by atoms with Crippen LogP contribution in [0.3, 0.4) is 0 Å². The Morgan fingerprint density at radius 3 is 2.69 bits per heavy atom. The minimum atomic E-state index is -2.93. The highest BCUT2D eigenvalue weighted by atomic mass is 19.3. The molecule has 3 atom stereocenters. The standard InChI is InChI=1S/C19H22F2N4O/c1-3-9(2)25-15(19-11-4-5-12(19)16(11)19)7-13(24-25)10-6-14(26-18(20)21)17(22)23-8-10/h6-9,11-12,16,18H,3-5H2,1-2H3,(H2,22,23). The quantitative estimate of drug-likeness (QED) is 0.845. The Morgan fingerprint density at radius 2 is 2.08 bits per heavy atom. The molecule has 2 N–H and O–H groups in total. The maximum Gasteiger partial charge on any atom is 0.387 e. The number of halogens is 2. The zero-order valence-electron chi connectivity index (χ0n) is 14.8. The Balaban J connectivity index is 1.55. The predicted molar refractivity (Wildman–Crippen MR) is 92.9 cm³/mol. The number of aromatic nitrogens is 3. The normalized spacial score (nSPS) is 31.8. The number of ether oxygens (including phenoxy) is 1. The van der Waals surface area contributed by atoms with Gasteiger partial charge in [0.1, 0.15) is 0 Å². The fourth-order valence-corrected chi connectivity index (χ4v) is 5.36. The lowest BCUT2D eigenvalue weighted by Gasteiger charge is -2.17. The van der Waals surface area contributed by atoms with Gasteiger partial charge in [-0.25, -0.2) is 4.98 Å². The maximum atomic E-state index is 12.6. The van der Waals surface area contributed by atoms with Gasteiger partial charge in [0.25, 0.3) is 0 Å². The lowest BCUT2D eigenvalue weighted by molar-refractivity contribution is -0.0494. The Morgan fingerprint density at radius 1 is 1.35 bits per heavy atom. The van der Waals surface area contributed by atoms with Crippen molar-refractivity contribution < 1.29 is 13.5 Å². The number of anilines is 1. The first-order valence-electron chi connectivity index (χ1n) is 9.29. The molecular weight excluding hydrogens is 338 g/mol. The van der Waals surface area contributed by atoms with Gasteiger partial charge in [0.2, 0.25) is 0 Å². The second kappa shape index (κ2) is 5.18. The number of nitrogen functional groups attached to an aromatic ring is 1. The van der Waals surface area contributed by atoms with Crippen LogP contribution in [-0.4, -0.2) is 21.4 Å². The number of alkyl halides is 2. The van der Waals surface area contributed by atoms with Gasteiger partial charge in [-0.15, -0.1) is 0 Å². The summed E-state index contributed by atoms with van der Waals surface area (Å²) >= 11 is 0. The van der Waals surface area contributed by atoms with Gasteiger partial charge in [-0.05, 0) is 56.1 Å². The van der Waals surface area contributed by atoms with E-state index in [0.29, 0.717) is 17.0 Å². The molecule has 7 heteroatoms. The van der Waals surface area contributed by atoms with Gasteiger partial charge in [0.15, 0.2) is 11.6 Å². The number of nitrogens with two attached hydrogens (primary N) is 1. The van der Waals surface area contributed by atoms with Gasteiger partial charge >= 0.3 is 6.61 Å². The smallest absolute Gasteiger partial charge is 0.387 e. The van der Waals surface area contributed by atoms with Crippen LogP contribution >= 0.6 is 0 Å². The van der Waals surface area contributed by atoms with Crippen LogP contribution in [0.5, 0.6) is 5.75 Å². The lowest BCUT2D eigenvalue weighted by Crippen LogP contribution is -2.15. The zero-order valence-corrected chi connectivity index (χ0v) is 14.8. The summed E-state index contributed by atoms with van der Waals surface area (Å²) in [6, 6.07) is 3.93. The Bertz CT molecular complexity index is 859. The van der Waals surface area contributed by atoms with Crippen molar-refractivity contribution in [2.75, 3.05) is 5.73 Å². The number of hydrogen-bond donors (Lipinski definition) is 1. The monoisotopic (exact) mass is 360 g/mol. The summed E-state index contributed by atoms with van der Waals surface area (Å²) in [5.41, 5.74) is 8.72. The predicted octanol–water partition coefficient (Wildman–Crippen LogP) is 4.01. The third-order valence-electron chi connectivity index (χ3n) is 6.80. The molecular formula is C19H22F2N4O. The van der Waals surface area contributed by atoms with E-state index in [0.717, 1.165) is 29.9 Å². The molecule has 4 fully saturated rings. The van der Waals surface area contributed by atoms with E-state index in [2.05, 4.69) is 34.3 Å². The molecule has 4 saturated carbocycles. The van der Waals surface area contributed by atoms with Crippen molar-refractivity contribution in [2.45, 2.75) is 51.2 Å². The second-order valence-corrected chi connectivity index (χ2v) is 7.85. The molecule has 4 aliphatic carbocycles. The molecule has 4 aliphatic rings. The van der Waals surface area contributed by atoms with Crippen LogP contribution in [-0.2, 0) is 5.41 Å². The van der Waals surface area contributed by atoms with Crippen LogP contribution in [0.4, 0.5) is 14.6 Å². The summed E-state index contributed by atoms with van der Waals surface area (Å²) in [5.74, 6) is 2.34. The van der Waals surface area contributed by atoms with Crippen molar-refractivity contribution in [2.24, 2.45) is 17.8 Å². The van der Waals surface area contributed by atoms with E-state index in [4.69, 9.17) is 10.8 Å². The Hall–Kier alpha value is -2.18. The van der Waals surface area contributed by atoms with Crippen LogP contribution in [0.15, 0.2) is 18.3 Å². The summed E-state index contributed by atoms with van der Waals surface area (Å²) in [6.45, 7) is 1.39. The van der Waals surface area contributed by atoms with Crippen molar-refractivity contribution in [3.05, 3.63) is 24.0 Å². The molecule has 5 nitrogen and oxygen atoms in total. The minimum Gasteiger partial charge on any atom is -0.431 e. The van der Waals surface area contributed by atoms with E-state index >= 15 is 0 Å².